The Balaban J connectivity index is -0.000000178. The highest BCUT2D eigenvalue weighted by molar-refractivity contribution is 5.47. The molecular formula is C10H23N3. The third kappa shape index (κ3) is 10.8. The fourth-order valence-electron chi connectivity index (χ4n) is 0.496. The fraction of sp³-hybridized carbons (Fsp3) is 0.400. The number of hydrogen-bond donors (Lipinski definition) is 3. The number of benzene rings is 1. The standard InChI is InChI=1S/C6H8N2.2C2H6.H3N/c7-5-1-2-6(8)4-3-5;2*1-2;/h1-4H,7-8H2;2*1-2H3;1H3. The second-order valence-corrected chi connectivity index (χ2v) is 1.67. The average molecular weight is 185 g/mol. The van der Waals surface area contributed by atoms with E-state index in [1.807, 2.05) is 27.7 Å². The van der Waals surface area contributed by atoms with Crippen molar-refractivity contribution in [3.05, 3.63) is 24.3 Å². The van der Waals surface area contributed by atoms with Gasteiger partial charge in [-0.3, -0.25) is 0 Å². The largest absolute Gasteiger partial charge is 0.399 e. The summed E-state index contributed by atoms with van der Waals surface area (Å²) in [6.07, 6.45) is 0. The van der Waals surface area contributed by atoms with Crippen molar-refractivity contribution in [1.82, 2.24) is 6.15 Å². The van der Waals surface area contributed by atoms with Crippen LogP contribution in [-0.4, -0.2) is 0 Å². The molecule has 0 bridgehead atoms. The van der Waals surface area contributed by atoms with Gasteiger partial charge in [-0.2, -0.15) is 0 Å². The highest BCUT2D eigenvalue weighted by Crippen LogP contribution is 2.04. The molecule has 0 fully saturated rings. The molecule has 0 radical (unpaired) electrons. The van der Waals surface area contributed by atoms with Crippen molar-refractivity contribution < 1.29 is 0 Å². The van der Waals surface area contributed by atoms with Crippen molar-refractivity contribution in [2.24, 2.45) is 0 Å². The molecule has 0 saturated heterocycles. The average Bonchev–Trinajstić information content (AvgIpc) is 2.17. The van der Waals surface area contributed by atoms with Crippen LogP contribution in [0.2, 0.25) is 0 Å². The lowest BCUT2D eigenvalue weighted by atomic mass is 10.3. The van der Waals surface area contributed by atoms with E-state index in [0.717, 1.165) is 11.4 Å². The Hall–Kier alpha value is -1.22. The molecule has 0 saturated carbocycles. The zero-order valence-corrected chi connectivity index (χ0v) is 9.17. The summed E-state index contributed by atoms with van der Waals surface area (Å²) in [7, 11) is 0. The molecule has 0 heterocycles. The maximum absolute atomic E-state index is 5.37. The Morgan fingerprint density at radius 2 is 0.846 bits per heavy atom. The molecule has 7 N–H and O–H groups in total. The zero-order valence-electron chi connectivity index (χ0n) is 9.17. The zero-order chi connectivity index (χ0) is 9.98. The molecule has 0 atom stereocenters. The minimum absolute atomic E-state index is 0. The molecule has 1 aromatic rings. The topological polar surface area (TPSA) is 87.0 Å². The summed E-state index contributed by atoms with van der Waals surface area (Å²) in [5.74, 6) is 0. The van der Waals surface area contributed by atoms with Crippen molar-refractivity contribution >= 4 is 11.4 Å². The molecule has 0 aliphatic heterocycles. The molecule has 13 heavy (non-hydrogen) atoms. The highest BCUT2D eigenvalue weighted by Gasteiger charge is 1.80. The second kappa shape index (κ2) is 13.4. The molecule has 0 amide bonds. The van der Waals surface area contributed by atoms with E-state index in [9.17, 15) is 0 Å². The first-order valence-corrected chi connectivity index (χ1v) is 4.40. The number of nitrogen functional groups attached to an aromatic ring is 2. The first-order valence-electron chi connectivity index (χ1n) is 4.40. The second-order valence-electron chi connectivity index (χ2n) is 1.67. The van der Waals surface area contributed by atoms with Gasteiger partial charge in [0.1, 0.15) is 0 Å². The van der Waals surface area contributed by atoms with Crippen LogP contribution in [0.25, 0.3) is 0 Å². The maximum Gasteiger partial charge on any atom is 0.0315 e. The summed E-state index contributed by atoms with van der Waals surface area (Å²) in [5, 5.41) is 0. The fourth-order valence-corrected chi connectivity index (χ4v) is 0.496. The van der Waals surface area contributed by atoms with Crippen LogP contribution in [0.3, 0.4) is 0 Å². The van der Waals surface area contributed by atoms with E-state index in [-0.39, 0.29) is 6.15 Å². The first kappa shape index (κ1) is 17.8. The van der Waals surface area contributed by atoms with Crippen molar-refractivity contribution in [3.8, 4) is 0 Å². The lowest BCUT2D eigenvalue weighted by Crippen LogP contribution is -1.86. The summed E-state index contributed by atoms with van der Waals surface area (Å²) in [5.41, 5.74) is 12.2. The molecule has 0 aliphatic rings. The molecule has 1 rings (SSSR count). The van der Waals surface area contributed by atoms with Crippen LogP contribution >= 0.6 is 0 Å². The summed E-state index contributed by atoms with van der Waals surface area (Å²) < 4.78 is 0. The molecule has 0 aromatic heterocycles. The van der Waals surface area contributed by atoms with E-state index in [0.29, 0.717) is 0 Å². The molecule has 78 valence electrons. The summed E-state index contributed by atoms with van der Waals surface area (Å²) >= 11 is 0. The molecule has 3 heteroatoms. The van der Waals surface area contributed by atoms with Gasteiger partial charge >= 0.3 is 0 Å². The Morgan fingerprint density at radius 1 is 0.692 bits per heavy atom. The van der Waals surface area contributed by atoms with Crippen LogP contribution in [-0.2, 0) is 0 Å². The van der Waals surface area contributed by atoms with Crippen LogP contribution in [0.15, 0.2) is 24.3 Å². The van der Waals surface area contributed by atoms with E-state index in [2.05, 4.69) is 0 Å². The van der Waals surface area contributed by atoms with Crippen LogP contribution in [0.1, 0.15) is 27.7 Å². The number of nitrogens with two attached hydrogens (primary N) is 2. The predicted octanol–water partition coefficient (Wildman–Crippen LogP) is 3.07. The van der Waals surface area contributed by atoms with E-state index in [1.54, 1.807) is 24.3 Å². The SMILES string of the molecule is CC.CC.N.Nc1ccc(N)cc1. The van der Waals surface area contributed by atoms with Crippen LogP contribution in [0, 0.1) is 0 Å². The van der Waals surface area contributed by atoms with Gasteiger partial charge in [0.25, 0.3) is 0 Å². The van der Waals surface area contributed by atoms with Gasteiger partial charge in [-0.05, 0) is 24.3 Å². The van der Waals surface area contributed by atoms with Gasteiger partial charge in [0.2, 0.25) is 0 Å². The van der Waals surface area contributed by atoms with E-state index >= 15 is 0 Å². The van der Waals surface area contributed by atoms with Gasteiger partial charge in [0.15, 0.2) is 0 Å². The lowest BCUT2D eigenvalue weighted by Gasteiger charge is -1.90. The van der Waals surface area contributed by atoms with Gasteiger partial charge in [-0.25, -0.2) is 0 Å². The Kier molecular flexibility index (Phi) is 18.3. The number of anilines is 2. The lowest BCUT2D eigenvalue weighted by molar-refractivity contribution is 1.50. The van der Waals surface area contributed by atoms with Gasteiger partial charge in [0, 0.05) is 11.4 Å². The predicted molar refractivity (Wildman–Crippen MR) is 63.0 cm³/mol. The summed E-state index contributed by atoms with van der Waals surface area (Å²) in [4.78, 5) is 0. The van der Waals surface area contributed by atoms with Crippen molar-refractivity contribution in [2.45, 2.75) is 27.7 Å². The quantitative estimate of drug-likeness (QED) is 0.543. The summed E-state index contributed by atoms with van der Waals surface area (Å²) in [6, 6.07) is 7.09. The Bertz CT molecular complexity index is 149. The van der Waals surface area contributed by atoms with Crippen LogP contribution in [0.4, 0.5) is 11.4 Å². The van der Waals surface area contributed by atoms with Crippen molar-refractivity contribution in [2.75, 3.05) is 11.5 Å². The normalized spacial score (nSPS) is 6.46. The van der Waals surface area contributed by atoms with Gasteiger partial charge in [-0.1, -0.05) is 27.7 Å². The van der Waals surface area contributed by atoms with Crippen LogP contribution < -0.4 is 17.6 Å². The van der Waals surface area contributed by atoms with Gasteiger partial charge in [0.05, 0.1) is 0 Å². The number of rotatable bonds is 0. The smallest absolute Gasteiger partial charge is 0.0315 e. The highest BCUT2D eigenvalue weighted by atomic mass is 14.6. The third-order valence-corrected chi connectivity index (χ3v) is 0.936. The number of hydrogen-bond acceptors (Lipinski definition) is 3. The van der Waals surface area contributed by atoms with Gasteiger partial charge < -0.3 is 17.6 Å². The molecule has 0 unspecified atom stereocenters. The monoisotopic (exact) mass is 185 g/mol. The Labute approximate surface area is 81.7 Å². The maximum atomic E-state index is 5.37. The third-order valence-electron chi connectivity index (χ3n) is 0.936. The summed E-state index contributed by atoms with van der Waals surface area (Å²) in [6.45, 7) is 8.00. The van der Waals surface area contributed by atoms with Crippen molar-refractivity contribution in [3.63, 3.8) is 0 Å². The minimum atomic E-state index is 0. The molecule has 0 spiro atoms. The van der Waals surface area contributed by atoms with Gasteiger partial charge in [-0.15, -0.1) is 0 Å². The van der Waals surface area contributed by atoms with Crippen LogP contribution in [0.5, 0.6) is 0 Å². The molecule has 1 aromatic carbocycles. The molecule has 3 nitrogen and oxygen atoms in total. The first-order chi connectivity index (χ1) is 5.79. The Morgan fingerprint density at radius 3 is 1.00 bits per heavy atom. The molecule has 0 aliphatic carbocycles. The van der Waals surface area contributed by atoms with E-state index in [4.69, 9.17) is 11.5 Å². The van der Waals surface area contributed by atoms with E-state index in [1.165, 1.54) is 0 Å². The van der Waals surface area contributed by atoms with E-state index < -0.39 is 0 Å². The van der Waals surface area contributed by atoms with Crippen molar-refractivity contribution in [1.29, 1.82) is 0 Å². The molecular weight excluding hydrogens is 162 g/mol. The minimum Gasteiger partial charge on any atom is -0.399 e.